The van der Waals surface area contributed by atoms with Crippen molar-refractivity contribution in [3.05, 3.63) is 65.0 Å². The van der Waals surface area contributed by atoms with Crippen LogP contribution in [0.1, 0.15) is 27.9 Å². The number of benzene rings is 2. The molecule has 0 aliphatic rings. The Balaban J connectivity index is 1.90. The van der Waals surface area contributed by atoms with E-state index in [-0.39, 0.29) is 29.8 Å². The largest absolute Gasteiger partial charge is 0.478 e. The molecule has 0 saturated carbocycles. The third kappa shape index (κ3) is 5.51. The van der Waals surface area contributed by atoms with Crippen molar-refractivity contribution in [3.8, 4) is 5.75 Å². The van der Waals surface area contributed by atoms with Gasteiger partial charge in [0.05, 0.1) is 5.56 Å². The fourth-order valence-corrected chi connectivity index (χ4v) is 2.26. The van der Waals surface area contributed by atoms with Gasteiger partial charge in [-0.2, -0.15) is 8.78 Å². The first-order valence-corrected chi connectivity index (χ1v) is 7.68. The predicted octanol–water partition coefficient (Wildman–Crippen LogP) is 3.37. The number of carboxylic acids is 1. The van der Waals surface area contributed by atoms with Gasteiger partial charge >= 0.3 is 12.6 Å². The molecular formula is C18H16F3NO4. The van der Waals surface area contributed by atoms with Gasteiger partial charge in [0, 0.05) is 18.5 Å². The van der Waals surface area contributed by atoms with Crippen LogP contribution in [0.2, 0.25) is 0 Å². The van der Waals surface area contributed by atoms with E-state index in [9.17, 15) is 22.8 Å². The van der Waals surface area contributed by atoms with Gasteiger partial charge in [0.15, 0.2) is 0 Å². The number of amides is 1. The molecule has 138 valence electrons. The lowest BCUT2D eigenvalue weighted by Gasteiger charge is -2.12. The Morgan fingerprint density at radius 2 is 1.81 bits per heavy atom. The molecule has 0 aromatic heterocycles. The number of hydrogen-bond donors (Lipinski definition) is 2. The molecule has 0 radical (unpaired) electrons. The van der Waals surface area contributed by atoms with E-state index >= 15 is 0 Å². The standard InChI is InChI=1S/C18H16F3NO4/c19-14-2-1-3-15(26-18(20)21)13(14)10-22-16(23)9-6-11-4-7-12(8-5-11)17(24)25/h1-5,7-8,18H,6,9-10H2,(H,22,23)(H,24,25). The SMILES string of the molecule is O=C(CCc1ccc(C(=O)O)cc1)NCc1c(F)cccc1OC(F)F. The van der Waals surface area contributed by atoms with Crippen molar-refractivity contribution in [3.63, 3.8) is 0 Å². The van der Waals surface area contributed by atoms with Crippen LogP contribution in [0.5, 0.6) is 5.75 Å². The van der Waals surface area contributed by atoms with Gasteiger partial charge in [-0.15, -0.1) is 0 Å². The molecule has 0 spiro atoms. The fraction of sp³-hybridized carbons (Fsp3) is 0.222. The molecule has 8 heteroatoms. The first-order chi connectivity index (χ1) is 12.4. The first-order valence-electron chi connectivity index (χ1n) is 7.68. The van der Waals surface area contributed by atoms with Crippen molar-refractivity contribution >= 4 is 11.9 Å². The first kappa shape index (κ1) is 19.3. The van der Waals surface area contributed by atoms with Gasteiger partial charge in [-0.25, -0.2) is 9.18 Å². The number of alkyl halides is 2. The zero-order valence-electron chi connectivity index (χ0n) is 13.5. The Hall–Kier alpha value is -3.03. The smallest absolute Gasteiger partial charge is 0.387 e. The van der Waals surface area contributed by atoms with Gasteiger partial charge < -0.3 is 15.2 Å². The average Bonchev–Trinajstić information content (AvgIpc) is 2.59. The Labute approximate surface area is 147 Å². The van der Waals surface area contributed by atoms with E-state index in [1.165, 1.54) is 24.3 Å². The molecule has 2 rings (SSSR count). The summed E-state index contributed by atoms with van der Waals surface area (Å²) in [6.45, 7) is -3.38. The molecule has 0 aliphatic heterocycles. The molecule has 5 nitrogen and oxygen atoms in total. The van der Waals surface area contributed by atoms with E-state index in [1.807, 2.05) is 0 Å². The second-order valence-corrected chi connectivity index (χ2v) is 5.37. The summed E-state index contributed by atoms with van der Waals surface area (Å²) in [6.07, 6.45) is 0.426. The van der Waals surface area contributed by atoms with Crippen LogP contribution in [-0.4, -0.2) is 23.6 Å². The van der Waals surface area contributed by atoms with Crippen LogP contribution in [-0.2, 0) is 17.8 Å². The average molecular weight is 367 g/mol. The van der Waals surface area contributed by atoms with Crippen molar-refractivity contribution in [1.82, 2.24) is 5.32 Å². The molecule has 0 unspecified atom stereocenters. The van der Waals surface area contributed by atoms with Gasteiger partial charge in [-0.05, 0) is 36.2 Å². The normalized spacial score (nSPS) is 10.6. The lowest BCUT2D eigenvalue weighted by Crippen LogP contribution is -2.24. The lowest BCUT2D eigenvalue weighted by molar-refractivity contribution is -0.121. The topological polar surface area (TPSA) is 75.6 Å². The predicted molar refractivity (Wildman–Crippen MR) is 86.6 cm³/mol. The number of aromatic carboxylic acids is 1. The van der Waals surface area contributed by atoms with E-state index < -0.39 is 24.3 Å². The molecule has 0 fully saturated rings. The van der Waals surface area contributed by atoms with Gasteiger partial charge in [0.2, 0.25) is 5.91 Å². The number of carbonyl (C=O) groups excluding carboxylic acids is 1. The maximum atomic E-state index is 13.8. The van der Waals surface area contributed by atoms with E-state index in [4.69, 9.17) is 5.11 Å². The highest BCUT2D eigenvalue weighted by atomic mass is 19.3. The summed E-state index contributed by atoms with van der Waals surface area (Å²) in [7, 11) is 0. The summed E-state index contributed by atoms with van der Waals surface area (Å²) in [5.41, 5.74) is 0.744. The van der Waals surface area contributed by atoms with Crippen molar-refractivity contribution in [1.29, 1.82) is 0 Å². The molecule has 1 amide bonds. The van der Waals surface area contributed by atoms with Crippen molar-refractivity contribution in [2.45, 2.75) is 26.0 Å². The van der Waals surface area contributed by atoms with Gasteiger partial charge in [0.1, 0.15) is 11.6 Å². The summed E-state index contributed by atoms with van der Waals surface area (Å²) < 4.78 is 42.7. The van der Waals surface area contributed by atoms with Gasteiger partial charge in [0.25, 0.3) is 0 Å². The molecule has 0 bridgehead atoms. The van der Waals surface area contributed by atoms with E-state index in [0.29, 0.717) is 6.42 Å². The maximum absolute atomic E-state index is 13.8. The minimum Gasteiger partial charge on any atom is -0.478 e. The van der Waals surface area contributed by atoms with Crippen molar-refractivity contribution < 1.29 is 32.6 Å². The van der Waals surface area contributed by atoms with Crippen LogP contribution in [0, 0.1) is 5.82 Å². The highest BCUT2D eigenvalue weighted by Gasteiger charge is 2.14. The third-order valence-electron chi connectivity index (χ3n) is 3.60. The minimum atomic E-state index is -3.10. The molecule has 0 atom stereocenters. The van der Waals surface area contributed by atoms with Crippen LogP contribution < -0.4 is 10.1 Å². The number of carbonyl (C=O) groups is 2. The summed E-state index contributed by atoms with van der Waals surface area (Å²) >= 11 is 0. The number of nitrogens with one attached hydrogen (secondary N) is 1. The van der Waals surface area contributed by atoms with E-state index in [0.717, 1.165) is 11.6 Å². The maximum Gasteiger partial charge on any atom is 0.387 e. The van der Waals surface area contributed by atoms with E-state index in [2.05, 4.69) is 10.1 Å². The van der Waals surface area contributed by atoms with Crippen LogP contribution in [0.25, 0.3) is 0 Å². The third-order valence-corrected chi connectivity index (χ3v) is 3.60. The summed E-state index contributed by atoms with van der Waals surface area (Å²) in [4.78, 5) is 22.7. The zero-order valence-corrected chi connectivity index (χ0v) is 13.5. The number of carboxylic acid groups (broad SMARTS) is 1. The Morgan fingerprint density at radius 3 is 2.42 bits per heavy atom. The molecule has 2 aromatic rings. The summed E-state index contributed by atoms with van der Waals surface area (Å²) in [5.74, 6) is -2.53. The van der Waals surface area contributed by atoms with Crippen molar-refractivity contribution in [2.24, 2.45) is 0 Å². The highest BCUT2D eigenvalue weighted by Crippen LogP contribution is 2.23. The number of rotatable bonds is 8. The summed E-state index contributed by atoms with van der Waals surface area (Å²) in [5, 5.41) is 11.3. The van der Waals surface area contributed by atoms with Crippen LogP contribution in [0.15, 0.2) is 42.5 Å². The molecule has 0 saturated heterocycles. The molecule has 26 heavy (non-hydrogen) atoms. The van der Waals surface area contributed by atoms with Crippen molar-refractivity contribution in [2.75, 3.05) is 0 Å². The Morgan fingerprint density at radius 1 is 1.12 bits per heavy atom. The number of aryl methyl sites for hydroxylation is 1. The Kier molecular flexibility index (Phi) is 6.60. The molecule has 2 aromatic carbocycles. The Bertz CT molecular complexity index is 779. The highest BCUT2D eigenvalue weighted by molar-refractivity contribution is 5.87. The minimum absolute atomic E-state index is 0.0753. The lowest BCUT2D eigenvalue weighted by atomic mass is 10.1. The van der Waals surface area contributed by atoms with Crippen LogP contribution in [0.3, 0.4) is 0 Å². The van der Waals surface area contributed by atoms with Gasteiger partial charge in [-0.1, -0.05) is 18.2 Å². The molecule has 0 heterocycles. The second kappa shape index (κ2) is 8.89. The van der Waals surface area contributed by atoms with Gasteiger partial charge in [-0.3, -0.25) is 4.79 Å². The molecule has 0 aliphatic carbocycles. The van der Waals surface area contributed by atoms with Crippen LogP contribution >= 0.6 is 0 Å². The quantitative estimate of drug-likeness (QED) is 0.750. The molecule has 2 N–H and O–H groups in total. The second-order valence-electron chi connectivity index (χ2n) is 5.37. The summed E-state index contributed by atoms with van der Waals surface area (Å²) in [6, 6.07) is 9.58. The number of hydrogen-bond acceptors (Lipinski definition) is 3. The monoisotopic (exact) mass is 367 g/mol. The van der Waals surface area contributed by atoms with E-state index in [1.54, 1.807) is 12.1 Å². The number of ether oxygens (including phenoxy) is 1. The van der Waals surface area contributed by atoms with Crippen LogP contribution in [0.4, 0.5) is 13.2 Å². The fourth-order valence-electron chi connectivity index (χ4n) is 2.26. The zero-order chi connectivity index (χ0) is 19.1. The molecular weight excluding hydrogens is 351 g/mol. The number of halogens is 3.